The first-order chi connectivity index (χ1) is 21.1. The predicted octanol–water partition coefficient (Wildman–Crippen LogP) is 9.77. The van der Waals surface area contributed by atoms with Crippen LogP contribution in [0.15, 0.2) is 79.1 Å². The van der Waals surface area contributed by atoms with Crippen LogP contribution in [0.4, 0.5) is 24.5 Å². The Bertz CT molecular complexity index is 1410. The van der Waals surface area contributed by atoms with Crippen molar-refractivity contribution >= 4 is 17.1 Å². The standard InChI is InChI=1S/C29H31F3N4.C8H16/c1-19-7-4-5-10-27(19)36(29(31)32)21(3)35-15-13-24(14-16-35)34-25-11-12-26(20(2)17-25)28(33)22-8-6-9-23(30)18-22;1-3-7(2)6-8-4-5-8/h4-12,17-18,24,29,33-34H,3,13-16H2,1-2H3;7-8H,3-6H2,1-2H3. The van der Waals surface area contributed by atoms with Gasteiger partial charge in [-0.3, -0.25) is 10.3 Å². The molecule has 4 nitrogen and oxygen atoms in total. The van der Waals surface area contributed by atoms with Gasteiger partial charge in [0.25, 0.3) is 0 Å². The average Bonchev–Trinajstić information content (AvgIpc) is 3.82. The lowest BCUT2D eigenvalue weighted by molar-refractivity contribution is 0.134. The molecule has 1 aliphatic heterocycles. The van der Waals surface area contributed by atoms with E-state index in [1.165, 1.54) is 37.8 Å². The van der Waals surface area contributed by atoms with Crippen molar-refractivity contribution in [3.05, 3.63) is 107 Å². The average molecular weight is 605 g/mol. The summed E-state index contributed by atoms with van der Waals surface area (Å²) in [5.74, 6) is 2.07. The molecule has 7 heteroatoms. The van der Waals surface area contributed by atoms with Crippen molar-refractivity contribution in [1.29, 1.82) is 5.41 Å². The first kappa shape index (κ1) is 33.2. The quantitative estimate of drug-likeness (QED) is 0.169. The van der Waals surface area contributed by atoms with Crippen LogP contribution >= 0.6 is 0 Å². The molecular weight excluding hydrogens is 557 g/mol. The van der Waals surface area contributed by atoms with E-state index in [-0.39, 0.29) is 17.6 Å². The monoisotopic (exact) mass is 604 g/mol. The third-order valence-corrected chi connectivity index (χ3v) is 8.82. The van der Waals surface area contributed by atoms with Crippen LogP contribution in [0, 0.1) is 36.9 Å². The van der Waals surface area contributed by atoms with E-state index in [1.807, 2.05) is 49.1 Å². The predicted molar refractivity (Wildman–Crippen MR) is 177 cm³/mol. The molecule has 2 fully saturated rings. The Morgan fingerprint density at radius 1 is 0.977 bits per heavy atom. The number of aryl methyl sites for hydroxylation is 2. The molecule has 1 aliphatic carbocycles. The molecule has 0 bridgehead atoms. The number of anilines is 2. The minimum absolute atomic E-state index is 0.195. The summed E-state index contributed by atoms with van der Waals surface area (Å²) in [4.78, 5) is 2.93. The second kappa shape index (κ2) is 15.3. The Kier molecular flexibility index (Phi) is 11.5. The van der Waals surface area contributed by atoms with Gasteiger partial charge in [-0.05, 0) is 86.4 Å². The molecule has 0 aromatic heterocycles. The lowest BCUT2D eigenvalue weighted by Crippen LogP contribution is -2.44. The van der Waals surface area contributed by atoms with E-state index in [1.54, 1.807) is 24.3 Å². The van der Waals surface area contributed by atoms with Crippen LogP contribution in [-0.2, 0) is 0 Å². The SMILES string of the molecule is C=C(N1CCC(Nc2ccc(C(=N)c3cccc(F)c3)c(C)c2)CC1)N(c1ccccc1C)C(F)F.CCC(C)CC1CC1. The number of likely N-dealkylation sites (tertiary alicyclic amines) is 1. The van der Waals surface area contributed by atoms with Gasteiger partial charge >= 0.3 is 6.55 Å². The molecule has 44 heavy (non-hydrogen) atoms. The highest BCUT2D eigenvalue weighted by molar-refractivity contribution is 6.11. The number of piperidine rings is 1. The number of alkyl halides is 2. The highest BCUT2D eigenvalue weighted by atomic mass is 19.3. The number of rotatable bonds is 11. The highest BCUT2D eigenvalue weighted by Crippen LogP contribution is 2.36. The Hall–Kier alpha value is -3.74. The van der Waals surface area contributed by atoms with Crippen LogP contribution < -0.4 is 10.2 Å². The summed E-state index contributed by atoms with van der Waals surface area (Å²) in [6, 6.07) is 19.2. The van der Waals surface area contributed by atoms with E-state index in [4.69, 9.17) is 5.41 Å². The maximum Gasteiger partial charge on any atom is 0.320 e. The number of hydrogen-bond acceptors (Lipinski definition) is 4. The van der Waals surface area contributed by atoms with Crippen molar-refractivity contribution in [1.82, 2.24) is 4.90 Å². The molecule has 5 rings (SSSR count). The minimum atomic E-state index is -2.68. The summed E-state index contributed by atoms with van der Waals surface area (Å²) in [6.45, 7) is 11.0. The van der Waals surface area contributed by atoms with Gasteiger partial charge in [0.15, 0.2) is 0 Å². The largest absolute Gasteiger partial charge is 0.382 e. The molecule has 1 saturated carbocycles. The second-order valence-electron chi connectivity index (χ2n) is 12.4. The van der Waals surface area contributed by atoms with Gasteiger partial charge in [0.2, 0.25) is 0 Å². The van der Waals surface area contributed by atoms with Crippen LogP contribution in [0.25, 0.3) is 0 Å². The molecular formula is C37H47F3N4. The Labute approximate surface area is 261 Å². The van der Waals surface area contributed by atoms with Crippen LogP contribution in [0.1, 0.15) is 74.6 Å². The molecule has 1 heterocycles. The molecule has 0 amide bonds. The fourth-order valence-electron chi connectivity index (χ4n) is 5.78. The van der Waals surface area contributed by atoms with Crippen LogP contribution in [0.2, 0.25) is 0 Å². The maximum absolute atomic E-state index is 14.0. The van der Waals surface area contributed by atoms with Crippen LogP contribution in [-0.4, -0.2) is 36.3 Å². The lowest BCUT2D eigenvalue weighted by Gasteiger charge is -2.40. The summed E-state index contributed by atoms with van der Waals surface area (Å²) < 4.78 is 41.5. The number of nitrogens with one attached hydrogen (secondary N) is 2. The Balaban J connectivity index is 0.000000479. The third kappa shape index (κ3) is 8.90. The number of halogens is 3. The Morgan fingerprint density at radius 2 is 1.68 bits per heavy atom. The summed E-state index contributed by atoms with van der Waals surface area (Å²) in [6.07, 6.45) is 7.47. The minimum Gasteiger partial charge on any atom is -0.382 e. The highest BCUT2D eigenvalue weighted by Gasteiger charge is 2.28. The normalized spacial score (nSPS) is 15.8. The molecule has 3 aromatic carbocycles. The molecule has 0 radical (unpaired) electrons. The smallest absolute Gasteiger partial charge is 0.320 e. The summed E-state index contributed by atoms with van der Waals surface area (Å²) >= 11 is 0. The van der Waals surface area contributed by atoms with Crippen molar-refractivity contribution in [2.45, 2.75) is 78.8 Å². The summed E-state index contributed by atoms with van der Waals surface area (Å²) in [5.41, 5.74) is 4.68. The molecule has 0 spiro atoms. The maximum atomic E-state index is 14.0. The van der Waals surface area contributed by atoms with E-state index in [0.717, 1.165) is 52.0 Å². The van der Waals surface area contributed by atoms with Crippen molar-refractivity contribution in [3.8, 4) is 0 Å². The first-order valence-electron chi connectivity index (χ1n) is 15.9. The van der Waals surface area contributed by atoms with Crippen molar-refractivity contribution in [3.63, 3.8) is 0 Å². The van der Waals surface area contributed by atoms with Crippen LogP contribution in [0.5, 0.6) is 0 Å². The van der Waals surface area contributed by atoms with E-state index >= 15 is 0 Å². The molecule has 2 aliphatic rings. The third-order valence-electron chi connectivity index (χ3n) is 8.82. The molecule has 2 N–H and O–H groups in total. The van der Waals surface area contributed by atoms with Crippen molar-refractivity contribution < 1.29 is 13.2 Å². The van der Waals surface area contributed by atoms with Crippen LogP contribution in [0.3, 0.4) is 0 Å². The summed E-state index contributed by atoms with van der Waals surface area (Å²) in [7, 11) is 0. The molecule has 1 atom stereocenters. The van der Waals surface area contributed by atoms with Gasteiger partial charge in [0.1, 0.15) is 11.6 Å². The van der Waals surface area contributed by atoms with Gasteiger partial charge < -0.3 is 10.2 Å². The number of benzene rings is 3. The number of para-hydroxylation sites is 1. The van der Waals surface area contributed by atoms with Crippen molar-refractivity contribution in [2.24, 2.45) is 11.8 Å². The van der Waals surface area contributed by atoms with E-state index in [0.29, 0.717) is 30.2 Å². The van der Waals surface area contributed by atoms with Gasteiger partial charge in [-0.2, -0.15) is 8.78 Å². The molecule has 236 valence electrons. The van der Waals surface area contributed by atoms with Gasteiger partial charge in [-0.25, -0.2) is 4.39 Å². The zero-order valence-electron chi connectivity index (χ0n) is 26.6. The van der Waals surface area contributed by atoms with Gasteiger partial charge in [-0.1, -0.05) is 76.1 Å². The Morgan fingerprint density at radius 3 is 2.27 bits per heavy atom. The van der Waals surface area contributed by atoms with Gasteiger partial charge in [-0.15, -0.1) is 0 Å². The molecule has 1 saturated heterocycles. The number of hydrogen-bond donors (Lipinski definition) is 2. The van der Waals surface area contributed by atoms with Gasteiger partial charge in [0, 0.05) is 35.9 Å². The number of nitrogens with zero attached hydrogens (tertiary/aromatic N) is 2. The fourth-order valence-corrected chi connectivity index (χ4v) is 5.78. The van der Waals surface area contributed by atoms with Crippen molar-refractivity contribution in [2.75, 3.05) is 23.3 Å². The lowest BCUT2D eigenvalue weighted by atomic mass is 9.97. The summed E-state index contributed by atoms with van der Waals surface area (Å²) in [5, 5.41) is 12.0. The van der Waals surface area contributed by atoms with E-state index in [2.05, 4.69) is 25.7 Å². The second-order valence-corrected chi connectivity index (χ2v) is 12.4. The molecule has 3 aromatic rings. The molecule has 1 unspecified atom stereocenters. The fraction of sp³-hybridized carbons (Fsp3) is 0.432. The zero-order valence-corrected chi connectivity index (χ0v) is 26.6. The van der Waals surface area contributed by atoms with E-state index in [9.17, 15) is 13.2 Å². The zero-order chi connectivity index (χ0) is 31.8. The first-order valence-corrected chi connectivity index (χ1v) is 15.9. The topological polar surface area (TPSA) is 42.4 Å². The van der Waals surface area contributed by atoms with Gasteiger partial charge in [0.05, 0.1) is 11.4 Å². The van der Waals surface area contributed by atoms with E-state index < -0.39 is 6.55 Å².